The summed E-state index contributed by atoms with van der Waals surface area (Å²) in [4.78, 5) is 21.4. The highest BCUT2D eigenvalue weighted by Gasteiger charge is 2.09. The average Bonchev–Trinajstić information content (AvgIpc) is 2.14. The average molecular weight is 218 g/mol. The number of nitrogens with one attached hydrogen (secondary N) is 1. The summed E-state index contributed by atoms with van der Waals surface area (Å²) >= 11 is 0. The summed E-state index contributed by atoms with van der Waals surface area (Å²) in [5, 5.41) is 11.0. The number of carboxylic acids is 1. The molecule has 1 atom stereocenters. The first-order chi connectivity index (χ1) is 7.06. The van der Waals surface area contributed by atoms with E-state index in [0.717, 1.165) is 0 Å². The zero-order valence-corrected chi connectivity index (χ0v) is 8.86. The molecule has 0 saturated heterocycles. The minimum Gasteiger partial charge on any atom is -0.481 e. The molecule has 0 aromatic carbocycles. The van der Waals surface area contributed by atoms with Crippen LogP contribution in [0.5, 0.6) is 0 Å². The number of carboxylic acid groups (broad SMARTS) is 1. The Morgan fingerprint density at radius 2 is 2.20 bits per heavy atom. The van der Waals surface area contributed by atoms with Crippen LogP contribution in [0.1, 0.15) is 13.3 Å². The zero-order valence-electron chi connectivity index (χ0n) is 8.86. The summed E-state index contributed by atoms with van der Waals surface area (Å²) in [5.74, 6) is -1.20. The first kappa shape index (κ1) is 13.9. The van der Waals surface area contributed by atoms with Crippen molar-refractivity contribution >= 4 is 11.9 Å². The number of amides is 1. The summed E-state index contributed by atoms with van der Waals surface area (Å²) in [7, 11) is 0. The third-order valence-corrected chi connectivity index (χ3v) is 1.67. The van der Waals surface area contributed by atoms with Crippen LogP contribution in [0.25, 0.3) is 0 Å². The van der Waals surface area contributed by atoms with Crippen molar-refractivity contribution in [2.75, 3.05) is 26.3 Å². The standard InChI is InChI=1S/C9H18N2O4/c1-7(4-9(13)14)5-11-8(12)6-15-3-2-10/h7H,2-6,10H2,1H3,(H,11,12)(H,13,14). The molecule has 0 aliphatic heterocycles. The normalized spacial score (nSPS) is 12.1. The highest BCUT2D eigenvalue weighted by Crippen LogP contribution is 1.98. The molecule has 15 heavy (non-hydrogen) atoms. The van der Waals surface area contributed by atoms with E-state index in [1.54, 1.807) is 6.92 Å². The summed E-state index contributed by atoms with van der Waals surface area (Å²) in [5.41, 5.74) is 5.17. The van der Waals surface area contributed by atoms with Crippen molar-refractivity contribution in [1.29, 1.82) is 0 Å². The number of aliphatic carboxylic acids is 1. The fraction of sp³-hybridized carbons (Fsp3) is 0.778. The molecule has 0 aliphatic carbocycles. The van der Waals surface area contributed by atoms with Gasteiger partial charge in [-0.1, -0.05) is 6.92 Å². The molecule has 6 nitrogen and oxygen atoms in total. The van der Waals surface area contributed by atoms with Crippen molar-refractivity contribution in [2.45, 2.75) is 13.3 Å². The lowest BCUT2D eigenvalue weighted by Gasteiger charge is -2.10. The van der Waals surface area contributed by atoms with E-state index >= 15 is 0 Å². The van der Waals surface area contributed by atoms with Crippen LogP contribution in [0.15, 0.2) is 0 Å². The second-order valence-electron chi connectivity index (χ2n) is 3.35. The molecule has 0 radical (unpaired) electrons. The number of nitrogens with two attached hydrogens (primary N) is 1. The highest BCUT2D eigenvalue weighted by molar-refractivity contribution is 5.77. The van der Waals surface area contributed by atoms with Gasteiger partial charge >= 0.3 is 5.97 Å². The van der Waals surface area contributed by atoms with Gasteiger partial charge in [-0.15, -0.1) is 0 Å². The second kappa shape index (κ2) is 8.19. The monoisotopic (exact) mass is 218 g/mol. The Labute approximate surface area is 88.8 Å². The predicted molar refractivity (Wildman–Crippen MR) is 54.3 cm³/mol. The molecule has 4 N–H and O–H groups in total. The predicted octanol–water partition coefficient (Wildman–Crippen LogP) is -0.811. The Morgan fingerprint density at radius 3 is 2.73 bits per heavy atom. The third-order valence-electron chi connectivity index (χ3n) is 1.67. The molecule has 0 aromatic rings. The SMILES string of the molecule is CC(CNC(=O)COCCN)CC(=O)O. The Bertz CT molecular complexity index is 208. The minimum absolute atomic E-state index is 0.0308. The van der Waals surface area contributed by atoms with Gasteiger partial charge in [0.05, 0.1) is 6.61 Å². The third kappa shape index (κ3) is 9.17. The molecule has 1 unspecified atom stereocenters. The topological polar surface area (TPSA) is 102 Å². The molecular weight excluding hydrogens is 200 g/mol. The van der Waals surface area contributed by atoms with E-state index in [-0.39, 0.29) is 24.9 Å². The number of carbonyl (C=O) groups is 2. The van der Waals surface area contributed by atoms with Gasteiger partial charge in [-0.2, -0.15) is 0 Å². The molecular formula is C9H18N2O4. The molecule has 6 heteroatoms. The van der Waals surface area contributed by atoms with Gasteiger partial charge < -0.3 is 20.9 Å². The summed E-state index contributed by atoms with van der Waals surface area (Å²) < 4.78 is 4.90. The van der Waals surface area contributed by atoms with E-state index in [1.807, 2.05) is 0 Å². The second-order valence-corrected chi connectivity index (χ2v) is 3.35. The van der Waals surface area contributed by atoms with Gasteiger partial charge in [-0.3, -0.25) is 9.59 Å². The largest absolute Gasteiger partial charge is 0.481 e. The molecule has 0 spiro atoms. The van der Waals surface area contributed by atoms with Crippen molar-refractivity contribution < 1.29 is 19.4 Å². The molecule has 0 aromatic heterocycles. The van der Waals surface area contributed by atoms with Crippen molar-refractivity contribution in [2.24, 2.45) is 11.7 Å². The Balaban J connectivity index is 3.48. The molecule has 0 heterocycles. The van der Waals surface area contributed by atoms with Crippen LogP contribution in [-0.2, 0) is 14.3 Å². The van der Waals surface area contributed by atoms with E-state index in [1.165, 1.54) is 0 Å². The first-order valence-electron chi connectivity index (χ1n) is 4.82. The van der Waals surface area contributed by atoms with Crippen molar-refractivity contribution in [3.05, 3.63) is 0 Å². The van der Waals surface area contributed by atoms with Crippen LogP contribution >= 0.6 is 0 Å². The van der Waals surface area contributed by atoms with Crippen LogP contribution < -0.4 is 11.1 Å². The van der Waals surface area contributed by atoms with E-state index in [4.69, 9.17) is 15.6 Å². The maximum Gasteiger partial charge on any atom is 0.303 e. The number of ether oxygens (including phenoxy) is 1. The molecule has 0 rings (SSSR count). The molecule has 0 saturated carbocycles. The van der Waals surface area contributed by atoms with E-state index in [9.17, 15) is 9.59 Å². The summed E-state index contributed by atoms with van der Waals surface area (Å²) in [6.45, 7) is 2.80. The van der Waals surface area contributed by atoms with Gasteiger partial charge in [0.2, 0.25) is 5.91 Å². The quantitative estimate of drug-likeness (QED) is 0.462. The number of rotatable bonds is 8. The lowest BCUT2D eigenvalue weighted by molar-refractivity contribution is -0.138. The molecule has 1 amide bonds. The lowest BCUT2D eigenvalue weighted by atomic mass is 10.1. The maximum absolute atomic E-state index is 11.1. The highest BCUT2D eigenvalue weighted by atomic mass is 16.5. The molecule has 0 aliphatic rings. The van der Waals surface area contributed by atoms with Gasteiger partial charge in [0.1, 0.15) is 6.61 Å². The Morgan fingerprint density at radius 1 is 1.53 bits per heavy atom. The van der Waals surface area contributed by atoms with Gasteiger partial charge in [-0.25, -0.2) is 0 Å². The van der Waals surface area contributed by atoms with Crippen molar-refractivity contribution in [3.63, 3.8) is 0 Å². The van der Waals surface area contributed by atoms with Gasteiger partial charge in [0.15, 0.2) is 0 Å². The molecule has 88 valence electrons. The van der Waals surface area contributed by atoms with Gasteiger partial charge in [-0.05, 0) is 5.92 Å². The van der Waals surface area contributed by atoms with Crippen molar-refractivity contribution in [1.82, 2.24) is 5.32 Å². The van der Waals surface area contributed by atoms with Gasteiger partial charge in [0.25, 0.3) is 0 Å². The fourth-order valence-electron chi connectivity index (χ4n) is 0.958. The Kier molecular flexibility index (Phi) is 7.57. The lowest BCUT2D eigenvalue weighted by Crippen LogP contribution is -2.32. The van der Waals surface area contributed by atoms with Crippen molar-refractivity contribution in [3.8, 4) is 0 Å². The zero-order chi connectivity index (χ0) is 11.7. The smallest absolute Gasteiger partial charge is 0.303 e. The minimum atomic E-state index is -0.865. The molecule has 0 bridgehead atoms. The van der Waals surface area contributed by atoms with Crippen LogP contribution in [0.4, 0.5) is 0 Å². The van der Waals surface area contributed by atoms with Crippen LogP contribution in [-0.4, -0.2) is 43.3 Å². The first-order valence-corrected chi connectivity index (χ1v) is 4.82. The van der Waals surface area contributed by atoms with Crippen LogP contribution in [0.3, 0.4) is 0 Å². The number of hydrogen-bond donors (Lipinski definition) is 3. The van der Waals surface area contributed by atoms with Crippen LogP contribution in [0, 0.1) is 5.92 Å². The molecule has 0 fully saturated rings. The summed E-state index contributed by atoms with van der Waals surface area (Å²) in [6, 6.07) is 0. The summed E-state index contributed by atoms with van der Waals surface area (Å²) in [6.07, 6.45) is 0.0456. The van der Waals surface area contributed by atoms with E-state index in [0.29, 0.717) is 19.7 Å². The maximum atomic E-state index is 11.1. The fourth-order valence-corrected chi connectivity index (χ4v) is 0.958. The Hall–Kier alpha value is -1.14. The number of carbonyl (C=O) groups excluding carboxylic acids is 1. The van der Waals surface area contributed by atoms with E-state index < -0.39 is 5.97 Å². The van der Waals surface area contributed by atoms with E-state index in [2.05, 4.69) is 5.32 Å². The number of hydrogen-bond acceptors (Lipinski definition) is 4. The van der Waals surface area contributed by atoms with Gasteiger partial charge in [0, 0.05) is 19.5 Å². The van der Waals surface area contributed by atoms with Crippen LogP contribution in [0.2, 0.25) is 0 Å².